The highest BCUT2D eigenvalue weighted by Gasteiger charge is 2.20. The van der Waals surface area contributed by atoms with Gasteiger partial charge in [0.05, 0.1) is 21.3 Å². The molecule has 0 radical (unpaired) electrons. The standard InChI is InChI=1S/C11H7Cl2NO4S2/c12-7-4-6(11(15)16)5-8(13)10(7)14-20(17,18)9-2-1-3-19-9/h1-5,14H,(H,15,16). The predicted molar refractivity (Wildman–Crippen MR) is 78.5 cm³/mol. The summed E-state index contributed by atoms with van der Waals surface area (Å²) in [5.41, 5.74) is -0.175. The summed E-state index contributed by atoms with van der Waals surface area (Å²) in [6, 6.07) is 5.28. The first kappa shape index (κ1) is 15.1. The molecule has 0 unspecified atom stereocenters. The van der Waals surface area contributed by atoms with Crippen LogP contribution in [0.5, 0.6) is 0 Å². The number of thiophene rings is 1. The van der Waals surface area contributed by atoms with E-state index >= 15 is 0 Å². The van der Waals surface area contributed by atoms with Crippen molar-refractivity contribution >= 4 is 56.2 Å². The van der Waals surface area contributed by atoms with Crippen molar-refractivity contribution in [3.8, 4) is 0 Å². The molecule has 1 aromatic heterocycles. The highest BCUT2D eigenvalue weighted by atomic mass is 35.5. The summed E-state index contributed by atoms with van der Waals surface area (Å²) >= 11 is 12.8. The van der Waals surface area contributed by atoms with Gasteiger partial charge in [0.25, 0.3) is 10.0 Å². The van der Waals surface area contributed by atoms with Crippen LogP contribution < -0.4 is 4.72 Å². The van der Waals surface area contributed by atoms with Gasteiger partial charge in [0, 0.05) is 0 Å². The summed E-state index contributed by atoms with van der Waals surface area (Å²) in [6.07, 6.45) is 0. The van der Waals surface area contributed by atoms with Gasteiger partial charge in [-0.05, 0) is 23.6 Å². The van der Waals surface area contributed by atoms with E-state index in [1.165, 1.54) is 6.07 Å². The van der Waals surface area contributed by atoms with E-state index in [1.807, 2.05) is 0 Å². The SMILES string of the molecule is O=C(O)c1cc(Cl)c(NS(=O)(=O)c2cccs2)c(Cl)c1. The van der Waals surface area contributed by atoms with Gasteiger partial charge in [0.15, 0.2) is 0 Å². The Morgan fingerprint density at radius 2 is 1.85 bits per heavy atom. The maximum Gasteiger partial charge on any atom is 0.335 e. The summed E-state index contributed by atoms with van der Waals surface area (Å²) in [5, 5.41) is 10.3. The van der Waals surface area contributed by atoms with Crippen molar-refractivity contribution in [2.75, 3.05) is 4.72 Å². The number of nitrogens with one attached hydrogen (secondary N) is 1. The zero-order valence-corrected chi connectivity index (χ0v) is 12.8. The summed E-state index contributed by atoms with van der Waals surface area (Å²) in [4.78, 5) is 10.8. The highest BCUT2D eigenvalue weighted by Crippen LogP contribution is 2.34. The first-order valence-corrected chi connectivity index (χ1v) is 8.22. The van der Waals surface area contributed by atoms with Crippen molar-refractivity contribution in [2.24, 2.45) is 0 Å². The minimum atomic E-state index is -3.80. The Balaban J connectivity index is 2.43. The fourth-order valence-corrected chi connectivity index (χ4v) is 4.18. The third kappa shape index (κ3) is 3.06. The molecule has 0 fully saturated rings. The number of sulfonamides is 1. The molecule has 0 atom stereocenters. The van der Waals surface area contributed by atoms with Crippen molar-refractivity contribution in [1.82, 2.24) is 0 Å². The molecule has 0 spiro atoms. The summed E-state index contributed by atoms with van der Waals surface area (Å²) in [6.45, 7) is 0. The highest BCUT2D eigenvalue weighted by molar-refractivity contribution is 7.94. The number of hydrogen-bond donors (Lipinski definition) is 2. The third-order valence-electron chi connectivity index (χ3n) is 2.29. The molecule has 0 aliphatic carbocycles. The topological polar surface area (TPSA) is 83.5 Å². The van der Waals surface area contributed by atoms with Gasteiger partial charge in [-0.25, -0.2) is 13.2 Å². The van der Waals surface area contributed by atoms with Gasteiger partial charge in [-0.3, -0.25) is 4.72 Å². The number of carboxylic acids is 1. The van der Waals surface area contributed by atoms with Crippen LogP contribution in [0.3, 0.4) is 0 Å². The van der Waals surface area contributed by atoms with Crippen molar-refractivity contribution in [3.05, 3.63) is 45.3 Å². The van der Waals surface area contributed by atoms with Crippen LogP contribution in [-0.2, 0) is 10.0 Å². The van der Waals surface area contributed by atoms with Gasteiger partial charge in [-0.2, -0.15) is 0 Å². The molecule has 0 saturated carbocycles. The second-order valence-electron chi connectivity index (χ2n) is 3.66. The molecular weight excluding hydrogens is 345 g/mol. The number of anilines is 1. The molecule has 0 aliphatic rings. The average Bonchev–Trinajstić information content (AvgIpc) is 2.88. The number of halogens is 2. The Bertz CT molecular complexity index is 734. The summed E-state index contributed by atoms with van der Waals surface area (Å²) in [7, 11) is -3.80. The first-order chi connectivity index (χ1) is 9.31. The van der Waals surface area contributed by atoms with Gasteiger partial charge in [0.1, 0.15) is 4.21 Å². The van der Waals surface area contributed by atoms with Crippen LogP contribution in [0.2, 0.25) is 10.0 Å². The van der Waals surface area contributed by atoms with Crippen molar-refractivity contribution < 1.29 is 18.3 Å². The fourth-order valence-electron chi connectivity index (χ4n) is 1.40. The van der Waals surface area contributed by atoms with E-state index in [2.05, 4.69) is 4.72 Å². The van der Waals surface area contributed by atoms with E-state index in [0.717, 1.165) is 23.5 Å². The van der Waals surface area contributed by atoms with Gasteiger partial charge >= 0.3 is 5.97 Å². The summed E-state index contributed by atoms with van der Waals surface area (Å²) < 4.78 is 26.5. The number of benzene rings is 1. The van der Waals surface area contributed by atoms with Gasteiger partial charge < -0.3 is 5.11 Å². The molecule has 1 aromatic carbocycles. The second kappa shape index (κ2) is 5.61. The smallest absolute Gasteiger partial charge is 0.335 e. The molecule has 0 amide bonds. The van der Waals surface area contributed by atoms with Crippen LogP contribution in [0, 0.1) is 0 Å². The van der Waals surface area contributed by atoms with Crippen LogP contribution in [0.25, 0.3) is 0 Å². The second-order valence-corrected chi connectivity index (χ2v) is 7.33. The molecule has 2 aromatic rings. The Morgan fingerprint density at radius 3 is 2.30 bits per heavy atom. The minimum Gasteiger partial charge on any atom is -0.478 e. The summed E-state index contributed by atoms with van der Waals surface area (Å²) in [5.74, 6) is -1.21. The Morgan fingerprint density at radius 1 is 1.25 bits per heavy atom. The largest absolute Gasteiger partial charge is 0.478 e. The Labute approximate surface area is 128 Å². The Hall–Kier alpha value is -1.28. The van der Waals surface area contributed by atoms with Crippen LogP contribution >= 0.6 is 34.5 Å². The predicted octanol–water partition coefficient (Wildman–Crippen LogP) is 3.55. The van der Waals surface area contributed by atoms with Crippen molar-refractivity contribution in [1.29, 1.82) is 0 Å². The molecular formula is C11H7Cl2NO4S2. The van der Waals surface area contributed by atoms with E-state index in [9.17, 15) is 13.2 Å². The maximum absolute atomic E-state index is 12.1. The molecule has 2 N–H and O–H groups in total. The van der Waals surface area contributed by atoms with E-state index in [0.29, 0.717) is 0 Å². The molecule has 20 heavy (non-hydrogen) atoms. The third-order valence-corrected chi connectivity index (χ3v) is 5.63. The van der Waals surface area contributed by atoms with Crippen LogP contribution in [0.15, 0.2) is 33.9 Å². The van der Waals surface area contributed by atoms with Gasteiger partial charge in [-0.1, -0.05) is 29.3 Å². The molecule has 0 saturated heterocycles. The van der Waals surface area contributed by atoms with E-state index < -0.39 is 16.0 Å². The Kier molecular flexibility index (Phi) is 4.24. The van der Waals surface area contributed by atoms with Crippen LogP contribution in [0.1, 0.15) is 10.4 Å². The lowest BCUT2D eigenvalue weighted by molar-refractivity contribution is 0.0697. The lowest BCUT2D eigenvalue weighted by Gasteiger charge is -2.11. The average molecular weight is 352 g/mol. The van der Waals surface area contributed by atoms with Gasteiger partial charge in [0.2, 0.25) is 0 Å². The first-order valence-electron chi connectivity index (χ1n) is 5.10. The lowest BCUT2D eigenvalue weighted by Crippen LogP contribution is -2.12. The monoisotopic (exact) mass is 351 g/mol. The number of hydrogen-bond acceptors (Lipinski definition) is 4. The van der Waals surface area contributed by atoms with Crippen LogP contribution in [0.4, 0.5) is 5.69 Å². The van der Waals surface area contributed by atoms with E-state index in [4.69, 9.17) is 28.3 Å². The number of aromatic carboxylic acids is 1. The quantitative estimate of drug-likeness (QED) is 0.881. The molecule has 0 bridgehead atoms. The number of rotatable bonds is 4. The minimum absolute atomic E-state index is 0.0493. The normalized spacial score (nSPS) is 11.3. The lowest BCUT2D eigenvalue weighted by atomic mass is 10.2. The number of carbonyl (C=O) groups is 1. The maximum atomic E-state index is 12.1. The fraction of sp³-hybridized carbons (Fsp3) is 0. The zero-order chi connectivity index (χ0) is 14.9. The molecule has 5 nitrogen and oxygen atoms in total. The molecule has 2 rings (SSSR count). The molecule has 1 heterocycles. The molecule has 106 valence electrons. The van der Waals surface area contributed by atoms with E-state index in [1.54, 1.807) is 11.4 Å². The van der Waals surface area contributed by atoms with Gasteiger partial charge in [-0.15, -0.1) is 11.3 Å². The molecule has 0 aliphatic heterocycles. The number of carboxylic acid groups (broad SMARTS) is 1. The zero-order valence-electron chi connectivity index (χ0n) is 9.63. The molecule has 9 heteroatoms. The van der Waals surface area contributed by atoms with Crippen molar-refractivity contribution in [3.63, 3.8) is 0 Å². The van der Waals surface area contributed by atoms with Crippen LogP contribution in [-0.4, -0.2) is 19.5 Å². The van der Waals surface area contributed by atoms with Crippen molar-refractivity contribution in [2.45, 2.75) is 4.21 Å². The van der Waals surface area contributed by atoms with E-state index in [-0.39, 0.29) is 25.5 Å².